The van der Waals surface area contributed by atoms with Crippen LogP contribution in [0.3, 0.4) is 0 Å². The maximum absolute atomic E-state index is 12.2. The monoisotopic (exact) mass is 214 g/mol. The summed E-state index contributed by atoms with van der Waals surface area (Å²) in [6, 6.07) is 6.38. The van der Waals surface area contributed by atoms with E-state index >= 15 is 0 Å². The Hall–Kier alpha value is -1.11. The third-order valence-electron chi connectivity index (χ3n) is 4.43. The van der Waals surface area contributed by atoms with Crippen LogP contribution in [0.15, 0.2) is 18.2 Å². The van der Waals surface area contributed by atoms with Crippen LogP contribution in [-0.4, -0.2) is 5.78 Å². The van der Waals surface area contributed by atoms with Gasteiger partial charge in [-0.2, -0.15) is 0 Å². The lowest BCUT2D eigenvalue weighted by Gasteiger charge is -2.33. The van der Waals surface area contributed by atoms with E-state index in [-0.39, 0.29) is 5.41 Å². The summed E-state index contributed by atoms with van der Waals surface area (Å²) in [6.45, 7) is 2.07. The highest BCUT2D eigenvalue weighted by atomic mass is 16.1. The Labute approximate surface area is 96.9 Å². The number of fused-ring (bicyclic) bond motifs is 2. The van der Waals surface area contributed by atoms with Gasteiger partial charge in [0.2, 0.25) is 0 Å². The molecule has 1 heteroatoms. The number of ketones is 1. The Kier molecular flexibility index (Phi) is 2.17. The average Bonchev–Trinajstić information content (AvgIpc) is 2.55. The van der Waals surface area contributed by atoms with E-state index in [0.29, 0.717) is 5.78 Å². The zero-order chi connectivity index (χ0) is 11.2. The fourth-order valence-corrected chi connectivity index (χ4v) is 3.65. The molecular weight excluding hydrogens is 196 g/mol. The van der Waals surface area contributed by atoms with Crippen LogP contribution in [0.4, 0.5) is 0 Å². The Bertz CT molecular complexity index is 439. The van der Waals surface area contributed by atoms with Gasteiger partial charge in [-0.25, -0.2) is 0 Å². The van der Waals surface area contributed by atoms with E-state index in [2.05, 4.69) is 25.1 Å². The van der Waals surface area contributed by atoms with Gasteiger partial charge in [0.25, 0.3) is 0 Å². The smallest absolute Gasteiger partial charge is 0.164 e. The van der Waals surface area contributed by atoms with E-state index in [0.717, 1.165) is 12.0 Å². The number of hydrogen-bond acceptors (Lipinski definition) is 1. The molecule has 0 aromatic heterocycles. The van der Waals surface area contributed by atoms with E-state index in [1.165, 1.54) is 43.2 Å². The molecule has 0 bridgehead atoms. The van der Waals surface area contributed by atoms with Crippen molar-refractivity contribution in [1.82, 2.24) is 0 Å². The van der Waals surface area contributed by atoms with Gasteiger partial charge in [0.05, 0.1) is 0 Å². The van der Waals surface area contributed by atoms with Crippen LogP contribution in [0.5, 0.6) is 0 Å². The number of carbonyl (C=O) groups excluding carboxylic acids is 1. The minimum absolute atomic E-state index is 0.219. The van der Waals surface area contributed by atoms with Gasteiger partial charge < -0.3 is 0 Å². The molecule has 1 nitrogen and oxygen atoms in total. The highest BCUT2D eigenvalue weighted by Gasteiger charge is 2.43. The van der Waals surface area contributed by atoms with Crippen molar-refractivity contribution in [1.29, 1.82) is 0 Å². The summed E-state index contributed by atoms with van der Waals surface area (Å²) >= 11 is 0. The quantitative estimate of drug-likeness (QED) is 0.642. The molecular formula is C15H18O. The standard InChI is InChI=1S/C15H18O/c1-11-6-5-7-12-14(11)13(16)10-15(12)8-3-2-4-9-15/h5-7H,2-4,8-10H2,1H3. The molecule has 2 aliphatic carbocycles. The SMILES string of the molecule is Cc1cccc2c1C(=O)CC21CCCCC1. The number of rotatable bonds is 0. The number of Topliss-reactive ketones (excluding diaryl/α,β-unsaturated/α-hetero) is 1. The second kappa shape index (κ2) is 3.44. The maximum atomic E-state index is 12.2. The summed E-state index contributed by atoms with van der Waals surface area (Å²) in [5.41, 5.74) is 3.79. The molecule has 0 radical (unpaired) electrons. The lowest BCUT2D eigenvalue weighted by molar-refractivity contribution is 0.0961. The molecule has 1 aromatic carbocycles. The van der Waals surface area contributed by atoms with Crippen LogP contribution in [-0.2, 0) is 5.41 Å². The molecule has 0 N–H and O–H groups in total. The maximum Gasteiger partial charge on any atom is 0.164 e. The summed E-state index contributed by atoms with van der Waals surface area (Å²) in [5, 5.41) is 0. The summed E-state index contributed by atoms with van der Waals surface area (Å²) in [4.78, 5) is 12.2. The van der Waals surface area contributed by atoms with E-state index < -0.39 is 0 Å². The van der Waals surface area contributed by atoms with Crippen LogP contribution in [0.1, 0.15) is 60.0 Å². The number of aryl methyl sites for hydroxylation is 1. The van der Waals surface area contributed by atoms with Gasteiger partial charge in [0, 0.05) is 17.4 Å². The summed E-state index contributed by atoms with van der Waals surface area (Å²) in [7, 11) is 0. The van der Waals surface area contributed by atoms with Gasteiger partial charge in [-0.1, -0.05) is 37.5 Å². The fraction of sp³-hybridized carbons (Fsp3) is 0.533. The van der Waals surface area contributed by atoms with Crippen molar-refractivity contribution in [3.05, 3.63) is 34.9 Å². The van der Waals surface area contributed by atoms with Crippen molar-refractivity contribution in [3.8, 4) is 0 Å². The first-order valence-corrected chi connectivity index (χ1v) is 6.36. The predicted molar refractivity (Wildman–Crippen MR) is 64.9 cm³/mol. The molecule has 16 heavy (non-hydrogen) atoms. The third kappa shape index (κ3) is 1.27. The van der Waals surface area contributed by atoms with Crippen LogP contribution in [0.25, 0.3) is 0 Å². The van der Waals surface area contributed by atoms with Crippen molar-refractivity contribution in [2.24, 2.45) is 0 Å². The molecule has 1 saturated carbocycles. The Morgan fingerprint density at radius 2 is 1.88 bits per heavy atom. The lowest BCUT2D eigenvalue weighted by atomic mass is 9.70. The minimum atomic E-state index is 0.219. The number of hydrogen-bond donors (Lipinski definition) is 0. The molecule has 1 fully saturated rings. The van der Waals surface area contributed by atoms with Crippen molar-refractivity contribution in [3.63, 3.8) is 0 Å². The first-order chi connectivity index (χ1) is 7.73. The number of carbonyl (C=O) groups is 1. The molecule has 84 valence electrons. The summed E-state index contributed by atoms with van der Waals surface area (Å²) in [5.74, 6) is 0.384. The molecule has 0 amide bonds. The van der Waals surface area contributed by atoms with Crippen LogP contribution >= 0.6 is 0 Å². The molecule has 1 spiro atoms. The molecule has 0 heterocycles. The van der Waals surface area contributed by atoms with E-state index in [4.69, 9.17) is 0 Å². The fourth-order valence-electron chi connectivity index (χ4n) is 3.65. The molecule has 3 rings (SSSR count). The van der Waals surface area contributed by atoms with Crippen molar-refractivity contribution < 1.29 is 4.79 Å². The Balaban J connectivity index is 2.14. The summed E-state index contributed by atoms with van der Waals surface area (Å²) in [6.07, 6.45) is 7.13. The Morgan fingerprint density at radius 3 is 2.62 bits per heavy atom. The van der Waals surface area contributed by atoms with Crippen LogP contribution < -0.4 is 0 Å². The molecule has 2 aliphatic rings. The van der Waals surface area contributed by atoms with Crippen molar-refractivity contribution in [2.75, 3.05) is 0 Å². The molecule has 0 aliphatic heterocycles. The van der Waals surface area contributed by atoms with E-state index in [1.807, 2.05) is 0 Å². The van der Waals surface area contributed by atoms with E-state index in [9.17, 15) is 4.79 Å². The molecule has 0 unspecified atom stereocenters. The van der Waals surface area contributed by atoms with Gasteiger partial charge in [0.1, 0.15) is 0 Å². The van der Waals surface area contributed by atoms with Crippen molar-refractivity contribution >= 4 is 5.78 Å². The minimum Gasteiger partial charge on any atom is -0.294 e. The first kappa shape index (κ1) is 10.1. The van der Waals surface area contributed by atoms with Gasteiger partial charge in [-0.15, -0.1) is 0 Å². The van der Waals surface area contributed by atoms with Crippen molar-refractivity contribution in [2.45, 2.75) is 50.9 Å². The van der Waals surface area contributed by atoms with Gasteiger partial charge >= 0.3 is 0 Å². The molecule has 0 atom stereocenters. The zero-order valence-electron chi connectivity index (χ0n) is 9.88. The number of benzene rings is 1. The normalized spacial score (nSPS) is 22.4. The topological polar surface area (TPSA) is 17.1 Å². The second-order valence-electron chi connectivity index (χ2n) is 5.44. The third-order valence-corrected chi connectivity index (χ3v) is 4.43. The largest absolute Gasteiger partial charge is 0.294 e. The molecule has 1 aromatic rings. The molecule has 0 saturated heterocycles. The van der Waals surface area contributed by atoms with E-state index in [1.54, 1.807) is 0 Å². The van der Waals surface area contributed by atoms with Gasteiger partial charge in [0.15, 0.2) is 5.78 Å². The Morgan fingerprint density at radius 1 is 1.12 bits per heavy atom. The van der Waals surface area contributed by atoms with Gasteiger partial charge in [-0.05, 0) is 30.9 Å². The summed E-state index contributed by atoms with van der Waals surface area (Å²) < 4.78 is 0. The average molecular weight is 214 g/mol. The highest BCUT2D eigenvalue weighted by Crippen LogP contribution is 2.49. The zero-order valence-corrected chi connectivity index (χ0v) is 9.88. The lowest BCUT2D eigenvalue weighted by Crippen LogP contribution is -2.26. The van der Waals surface area contributed by atoms with Crippen LogP contribution in [0, 0.1) is 6.92 Å². The highest BCUT2D eigenvalue weighted by molar-refractivity contribution is 6.03. The van der Waals surface area contributed by atoms with Gasteiger partial charge in [-0.3, -0.25) is 4.79 Å². The van der Waals surface area contributed by atoms with Crippen LogP contribution in [0.2, 0.25) is 0 Å². The predicted octanol–water partition coefficient (Wildman–Crippen LogP) is 3.78. The first-order valence-electron chi connectivity index (χ1n) is 6.36. The second-order valence-corrected chi connectivity index (χ2v) is 5.44.